The van der Waals surface area contributed by atoms with Gasteiger partial charge in [0.15, 0.2) is 0 Å². The molecule has 0 saturated heterocycles. The van der Waals surface area contributed by atoms with Gasteiger partial charge in [0.2, 0.25) is 0 Å². The maximum Gasteiger partial charge on any atom is 0.0763 e. The van der Waals surface area contributed by atoms with Crippen LogP contribution < -0.4 is 0 Å². The van der Waals surface area contributed by atoms with E-state index in [1.807, 2.05) is 56.4 Å². The minimum atomic E-state index is -0.0544. The third kappa shape index (κ3) is 6.70. The zero-order valence-corrected chi connectivity index (χ0v) is 9.83. The molecule has 1 rings (SSSR count). The Bertz CT molecular complexity index is 241. The number of hydrogen-bond donors (Lipinski definition) is 0. The maximum absolute atomic E-state index is 5.87. The van der Waals surface area contributed by atoms with Gasteiger partial charge in [0.1, 0.15) is 0 Å². The van der Waals surface area contributed by atoms with Crippen molar-refractivity contribution in [1.82, 2.24) is 4.90 Å². The lowest BCUT2D eigenvalue weighted by Crippen LogP contribution is -1.99. The van der Waals surface area contributed by atoms with Crippen molar-refractivity contribution in [2.75, 3.05) is 21.1 Å². The Labute approximate surface area is 92.0 Å². The highest BCUT2D eigenvalue weighted by molar-refractivity contribution is 6.21. The number of nitrogens with zero attached hydrogens (tertiary/aromatic N) is 1. The summed E-state index contributed by atoms with van der Waals surface area (Å²) in [6.45, 7) is 3.61. The summed E-state index contributed by atoms with van der Waals surface area (Å²) >= 11 is 5.87. The lowest BCUT2D eigenvalue weighted by molar-refractivity contribution is 0.505. The van der Waals surface area contributed by atoms with E-state index in [9.17, 15) is 0 Å². The van der Waals surface area contributed by atoms with E-state index in [0.717, 1.165) is 5.56 Å². The Morgan fingerprint density at radius 1 is 1.21 bits per heavy atom. The second kappa shape index (κ2) is 7.60. The molecule has 1 aromatic carbocycles. The molecule has 0 heterocycles. The fourth-order valence-corrected chi connectivity index (χ4v) is 0.918. The highest BCUT2D eigenvalue weighted by Gasteiger charge is 1.98. The molecule has 0 radical (unpaired) electrons. The van der Waals surface area contributed by atoms with Crippen molar-refractivity contribution in [3.05, 3.63) is 48.6 Å². The molecule has 0 aliphatic heterocycles. The summed E-state index contributed by atoms with van der Waals surface area (Å²) < 4.78 is 0. The van der Waals surface area contributed by atoms with Crippen LogP contribution in [0.15, 0.2) is 43.0 Å². The average Bonchev–Trinajstić information content (AvgIpc) is 2.17. The summed E-state index contributed by atoms with van der Waals surface area (Å²) in [5, 5.41) is -0.0544. The summed E-state index contributed by atoms with van der Waals surface area (Å²) in [5.74, 6) is 0. The van der Waals surface area contributed by atoms with E-state index < -0.39 is 0 Å². The average molecular weight is 212 g/mol. The number of hydrogen-bond acceptors (Lipinski definition) is 1. The largest absolute Gasteiger partial charge is 0.312 e. The van der Waals surface area contributed by atoms with Crippen LogP contribution in [0, 0.1) is 0 Å². The molecule has 0 amide bonds. The van der Waals surface area contributed by atoms with Gasteiger partial charge in [0, 0.05) is 0 Å². The van der Waals surface area contributed by atoms with Crippen molar-refractivity contribution >= 4 is 11.6 Å². The SMILES string of the molecule is C=CC(Cl)c1ccccc1.CN(C)C. The highest BCUT2D eigenvalue weighted by atomic mass is 35.5. The van der Waals surface area contributed by atoms with Crippen molar-refractivity contribution in [2.24, 2.45) is 0 Å². The minimum Gasteiger partial charge on any atom is -0.312 e. The van der Waals surface area contributed by atoms with E-state index in [-0.39, 0.29) is 5.38 Å². The molecular formula is C12H18ClN. The molecule has 14 heavy (non-hydrogen) atoms. The second-order valence-electron chi connectivity index (χ2n) is 3.39. The normalized spacial score (nSPS) is 11.5. The van der Waals surface area contributed by atoms with Gasteiger partial charge >= 0.3 is 0 Å². The van der Waals surface area contributed by atoms with E-state index in [2.05, 4.69) is 6.58 Å². The van der Waals surface area contributed by atoms with Gasteiger partial charge in [-0.15, -0.1) is 18.2 Å². The first-order valence-corrected chi connectivity index (χ1v) is 4.94. The molecule has 0 fully saturated rings. The Morgan fingerprint density at radius 2 is 1.64 bits per heavy atom. The van der Waals surface area contributed by atoms with Crippen LogP contribution in [-0.4, -0.2) is 26.0 Å². The molecule has 0 N–H and O–H groups in total. The summed E-state index contributed by atoms with van der Waals surface area (Å²) in [4.78, 5) is 2.00. The van der Waals surface area contributed by atoms with Crippen LogP contribution in [0.5, 0.6) is 0 Å². The van der Waals surface area contributed by atoms with Gasteiger partial charge in [0.25, 0.3) is 0 Å². The van der Waals surface area contributed by atoms with Crippen molar-refractivity contribution in [3.63, 3.8) is 0 Å². The fraction of sp³-hybridized carbons (Fsp3) is 0.333. The number of halogens is 1. The number of rotatable bonds is 2. The monoisotopic (exact) mass is 211 g/mol. The molecule has 0 aromatic heterocycles. The first-order chi connectivity index (χ1) is 6.57. The van der Waals surface area contributed by atoms with Gasteiger partial charge in [-0.2, -0.15) is 0 Å². The Kier molecular flexibility index (Phi) is 7.17. The van der Waals surface area contributed by atoms with Crippen LogP contribution in [0.25, 0.3) is 0 Å². The summed E-state index contributed by atoms with van der Waals surface area (Å²) in [6.07, 6.45) is 1.72. The van der Waals surface area contributed by atoms with Crippen molar-refractivity contribution in [1.29, 1.82) is 0 Å². The molecule has 0 spiro atoms. The molecule has 1 unspecified atom stereocenters. The molecule has 1 nitrogen and oxygen atoms in total. The molecule has 0 bridgehead atoms. The molecule has 2 heteroatoms. The third-order valence-corrected chi connectivity index (χ3v) is 1.76. The predicted molar refractivity (Wildman–Crippen MR) is 64.8 cm³/mol. The van der Waals surface area contributed by atoms with E-state index in [4.69, 9.17) is 11.6 Å². The van der Waals surface area contributed by atoms with E-state index >= 15 is 0 Å². The Balaban J connectivity index is 0.000000364. The quantitative estimate of drug-likeness (QED) is 0.536. The zero-order chi connectivity index (χ0) is 11.0. The minimum absolute atomic E-state index is 0.0544. The van der Waals surface area contributed by atoms with Crippen LogP contribution in [-0.2, 0) is 0 Å². The van der Waals surface area contributed by atoms with E-state index in [0.29, 0.717) is 0 Å². The van der Waals surface area contributed by atoms with Crippen LogP contribution in [0.1, 0.15) is 10.9 Å². The standard InChI is InChI=1S/C9H9Cl.C3H9N/c1-2-9(10)8-6-4-3-5-7-8;1-4(2)3/h2-7,9H,1H2;1-3H3. The smallest absolute Gasteiger partial charge is 0.0763 e. The van der Waals surface area contributed by atoms with Gasteiger partial charge < -0.3 is 4.90 Å². The molecule has 78 valence electrons. The predicted octanol–water partition coefficient (Wildman–Crippen LogP) is 3.33. The topological polar surface area (TPSA) is 3.24 Å². The van der Waals surface area contributed by atoms with Crippen molar-refractivity contribution < 1.29 is 0 Å². The summed E-state index contributed by atoms with van der Waals surface area (Å²) in [6, 6.07) is 9.87. The second-order valence-corrected chi connectivity index (χ2v) is 3.86. The lowest BCUT2D eigenvalue weighted by Gasteiger charge is -2.01. The van der Waals surface area contributed by atoms with Gasteiger partial charge in [0.05, 0.1) is 5.38 Å². The third-order valence-electron chi connectivity index (χ3n) is 1.32. The van der Waals surface area contributed by atoms with Gasteiger partial charge in [-0.25, -0.2) is 0 Å². The first kappa shape index (κ1) is 13.2. The van der Waals surface area contributed by atoms with Gasteiger partial charge in [-0.3, -0.25) is 0 Å². The summed E-state index contributed by atoms with van der Waals surface area (Å²) in [7, 11) is 6.00. The van der Waals surface area contributed by atoms with Crippen LogP contribution in [0.3, 0.4) is 0 Å². The maximum atomic E-state index is 5.87. The Morgan fingerprint density at radius 3 is 2.00 bits per heavy atom. The van der Waals surface area contributed by atoms with E-state index in [1.165, 1.54) is 0 Å². The molecule has 0 saturated carbocycles. The molecule has 0 aliphatic rings. The lowest BCUT2D eigenvalue weighted by atomic mass is 10.1. The van der Waals surface area contributed by atoms with Crippen molar-refractivity contribution in [2.45, 2.75) is 5.38 Å². The molecular weight excluding hydrogens is 194 g/mol. The number of alkyl halides is 1. The van der Waals surface area contributed by atoms with Crippen LogP contribution in [0.2, 0.25) is 0 Å². The van der Waals surface area contributed by atoms with Crippen LogP contribution >= 0.6 is 11.6 Å². The zero-order valence-electron chi connectivity index (χ0n) is 9.07. The summed E-state index contributed by atoms with van der Waals surface area (Å²) in [5.41, 5.74) is 1.10. The van der Waals surface area contributed by atoms with E-state index in [1.54, 1.807) is 6.08 Å². The Hall–Kier alpha value is -0.790. The fourth-order valence-electron chi connectivity index (χ4n) is 0.773. The first-order valence-electron chi connectivity index (χ1n) is 4.50. The molecule has 0 aliphatic carbocycles. The van der Waals surface area contributed by atoms with Gasteiger partial charge in [-0.1, -0.05) is 36.4 Å². The van der Waals surface area contributed by atoms with Crippen molar-refractivity contribution in [3.8, 4) is 0 Å². The van der Waals surface area contributed by atoms with Crippen LogP contribution in [0.4, 0.5) is 0 Å². The molecule has 1 atom stereocenters. The number of allylic oxidation sites excluding steroid dienone is 1. The molecule has 1 aromatic rings. The highest BCUT2D eigenvalue weighted by Crippen LogP contribution is 2.19. The van der Waals surface area contributed by atoms with Gasteiger partial charge in [-0.05, 0) is 26.7 Å². The number of benzene rings is 1.